The van der Waals surface area contributed by atoms with Gasteiger partial charge in [-0.15, -0.1) is 0 Å². The van der Waals surface area contributed by atoms with Crippen LogP contribution in [0.3, 0.4) is 0 Å². The third kappa shape index (κ3) is 7.23. The molecule has 2 aromatic carbocycles. The van der Waals surface area contributed by atoms with E-state index in [9.17, 15) is 14.4 Å². The molecule has 2 atom stereocenters. The zero-order valence-corrected chi connectivity index (χ0v) is 28.5. The number of rotatable bonds is 8. The second-order valence-corrected chi connectivity index (χ2v) is 14.2. The lowest BCUT2D eigenvalue weighted by Crippen LogP contribution is -2.56. The van der Waals surface area contributed by atoms with Crippen molar-refractivity contribution in [2.75, 3.05) is 31.6 Å². The standard InChI is InChI=1S/C35H40ClN7O5/c1-21-19-42(15-16-43(21)33(46)48-35(5,23-9-7-6-8-10-23)20-47-32(45)34(2,3)4)31(44)30-37-26-14-13-24(36)17-25(26)29(39-30)38-28-18-27(40-41-28)22-11-12-22/h6-10,13-14,17-18,21-22H,11-12,15-16,19-20H2,1-5H3,(H2,37,38,39,40,41)/t21-,35?/m1/s1. The van der Waals surface area contributed by atoms with Crippen LogP contribution in [-0.2, 0) is 19.9 Å². The van der Waals surface area contributed by atoms with Gasteiger partial charge < -0.3 is 24.6 Å². The molecule has 6 rings (SSSR count). The highest BCUT2D eigenvalue weighted by Gasteiger charge is 2.39. The quantitative estimate of drug-likeness (QED) is 0.203. The van der Waals surface area contributed by atoms with Gasteiger partial charge in [0.1, 0.15) is 12.4 Å². The molecular formula is C35H40ClN7O5. The van der Waals surface area contributed by atoms with Crippen LogP contribution in [0.4, 0.5) is 16.4 Å². The van der Waals surface area contributed by atoms with Gasteiger partial charge in [-0.25, -0.2) is 14.8 Å². The maximum absolute atomic E-state index is 13.8. The highest BCUT2D eigenvalue weighted by molar-refractivity contribution is 6.31. The topological polar surface area (TPSA) is 143 Å². The number of hydrogen-bond acceptors (Lipinski definition) is 9. The first kappa shape index (κ1) is 33.2. The molecule has 0 bridgehead atoms. The second-order valence-electron chi connectivity index (χ2n) is 13.7. The van der Waals surface area contributed by atoms with Crippen molar-refractivity contribution in [2.45, 2.75) is 65.0 Å². The zero-order valence-electron chi connectivity index (χ0n) is 27.7. The van der Waals surface area contributed by atoms with Crippen molar-refractivity contribution in [3.05, 3.63) is 76.7 Å². The average molecular weight is 674 g/mol. The Balaban J connectivity index is 1.17. The smallest absolute Gasteiger partial charge is 0.411 e. The number of aromatic amines is 1. The van der Waals surface area contributed by atoms with Crippen LogP contribution in [0.15, 0.2) is 54.6 Å². The number of amides is 2. The van der Waals surface area contributed by atoms with Gasteiger partial charge in [-0.3, -0.25) is 14.7 Å². The molecule has 1 saturated carbocycles. The summed E-state index contributed by atoms with van der Waals surface area (Å²) < 4.78 is 11.7. The Morgan fingerprint density at radius 2 is 1.77 bits per heavy atom. The third-order valence-electron chi connectivity index (χ3n) is 8.65. The van der Waals surface area contributed by atoms with E-state index in [1.54, 1.807) is 55.7 Å². The lowest BCUT2D eigenvalue weighted by molar-refractivity contribution is -0.161. The first-order valence-electron chi connectivity index (χ1n) is 16.1. The predicted molar refractivity (Wildman–Crippen MR) is 181 cm³/mol. The summed E-state index contributed by atoms with van der Waals surface area (Å²) in [4.78, 5) is 52.5. The summed E-state index contributed by atoms with van der Waals surface area (Å²) in [7, 11) is 0. The normalized spacial score (nSPS) is 17.9. The third-order valence-corrected chi connectivity index (χ3v) is 8.88. The Morgan fingerprint density at radius 3 is 2.46 bits per heavy atom. The Kier molecular flexibility index (Phi) is 9.04. The molecule has 1 saturated heterocycles. The number of benzene rings is 2. The summed E-state index contributed by atoms with van der Waals surface area (Å²) in [6.45, 7) is 9.45. The average Bonchev–Trinajstić information content (AvgIpc) is 3.81. The molecule has 0 radical (unpaired) electrons. The molecule has 1 aliphatic carbocycles. The highest BCUT2D eigenvalue weighted by atomic mass is 35.5. The Bertz CT molecular complexity index is 1840. The van der Waals surface area contributed by atoms with Gasteiger partial charge in [-0.1, -0.05) is 41.9 Å². The van der Waals surface area contributed by atoms with Crippen LogP contribution in [-0.4, -0.2) is 80.2 Å². The van der Waals surface area contributed by atoms with Crippen LogP contribution < -0.4 is 5.32 Å². The molecule has 2 aliphatic rings. The summed E-state index contributed by atoms with van der Waals surface area (Å²) in [5.41, 5.74) is 0.367. The van der Waals surface area contributed by atoms with Gasteiger partial charge in [0.15, 0.2) is 11.4 Å². The number of fused-ring (bicyclic) bond motifs is 1. The number of carbonyl (C=O) groups excluding carboxylic acids is 3. The molecule has 2 amide bonds. The van der Waals surface area contributed by atoms with Crippen LogP contribution in [0.2, 0.25) is 5.02 Å². The van der Waals surface area contributed by atoms with Crippen molar-refractivity contribution in [3.63, 3.8) is 0 Å². The first-order valence-corrected chi connectivity index (χ1v) is 16.5. The van der Waals surface area contributed by atoms with Gasteiger partial charge in [-0.2, -0.15) is 5.10 Å². The predicted octanol–water partition coefficient (Wildman–Crippen LogP) is 6.41. The van der Waals surface area contributed by atoms with E-state index in [2.05, 4.69) is 25.5 Å². The van der Waals surface area contributed by atoms with Crippen molar-refractivity contribution in [1.29, 1.82) is 0 Å². The van der Waals surface area contributed by atoms with Gasteiger partial charge in [0.2, 0.25) is 5.82 Å². The SMILES string of the molecule is C[C@@H]1CN(C(=O)c2nc(Nc3cc(C4CC4)[nH]n3)c3cc(Cl)ccc3n2)CCN1C(=O)OC(C)(COC(=O)C(C)(C)C)c1ccccc1. The molecule has 48 heavy (non-hydrogen) atoms. The van der Waals surface area contributed by atoms with Crippen LogP contribution in [0.5, 0.6) is 0 Å². The molecule has 4 aromatic rings. The van der Waals surface area contributed by atoms with Crippen molar-refractivity contribution >= 4 is 52.1 Å². The largest absolute Gasteiger partial charge is 0.461 e. The Morgan fingerprint density at radius 1 is 1.02 bits per heavy atom. The number of nitrogens with zero attached hydrogens (tertiary/aromatic N) is 5. The number of hydrogen-bond donors (Lipinski definition) is 2. The summed E-state index contributed by atoms with van der Waals surface area (Å²) in [5.74, 6) is 0.766. The van der Waals surface area contributed by atoms with E-state index in [1.807, 2.05) is 43.3 Å². The fourth-order valence-corrected chi connectivity index (χ4v) is 5.78. The highest BCUT2D eigenvalue weighted by Crippen LogP contribution is 2.40. The van der Waals surface area contributed by atoms with E-state index in [1.165, 1.54) is 0 Å². The fraction of sp³-hybridized carbons (Fsp3) is 0.429. The van der Waals surface area contributed by atoms with E-state index in [0.29, 0.717) is 39.0 Å². The molecule has 2 fully saturated rings. The Labute approximate surface area is 284 Å². The molecule has 252 valence electrons. The van der Waals surface area contributed by atoms with Gasteiger partial charge in [-0.05, 0) is 71.2 Å². The molecular weight excluding hydrogens is 634 g/mol. The minimum atomic E-state index is -1.23. The minimum absolute atomic E-state index is 0.0193. The number of anilines is 2. The number of esters is 1. The van der Waals surface area contributed by atoms with E-state index < -0.39 is 23.1 Å². The van der Waals surface area contributed by atoms with Crippen LogP contribution in [0.1, 0.15) is 75.3 Å². The van der Waals surface area contributed by atoms with Gasteiger partial charge in [0.05, 0.1) is 10.9 Å². The van der Waals surface area contributed by atoms with Gasteiger partial charge >= 0.3 is 12.1 Å². The van der Waals surface area contributed by atoms with E-state index in [4.69, 9.17) is 21.1 Å². The number of H-pyrrole nitrogens is 1. The minimum Gasteiger partial charge on any atom is -0.461 e. The van der Waals surface area contributed by atoms with Crippen molar-refractivity contribution in [1.82, 2.24) is 30.0 Å². The molecule has 2 aromatic heterocycles. The van der Waals surface area contributed by atoms with Crippen LogP contribution in [0, 0.1) is 5.41 Å². The molecule has 1 unspecified atom stereocenters. The maximum Gasteiger partial charge on any atom is 0.411 e. The molecule has 3 heterocycles. The molecule has 1 aliphatic heterocycles. The number of aromatic nitrogens is 4. The van der Waals surface area contributed by atoms with Crippen molar-refractivity contribution < 1.29 is 23.9 Å². The molecule has 13 heteroatoms. The van der Waals surface area contributed by atoms with E-state index in [-0.39, 0.29) is 44.0 Å². The summed E-state index contributed by atoms with van der Waals surface area (Å²) >= 11 is 6.31. The molecule has 0 spiro atoms. The summed E-state index contributed by atoms with van der Waals surface area (Å²) in [6, 6.07) is 16.0. The van der Waals surface area contributed by atoms with Crippen LogP contribution in [0.25, 0.3) is 10.9 Å². The number of ether oxygens (including phenoxy) is 2. The van der Waals surface area contributed by atoms with Gasteiger partial charge in [0, 0.05) is 53.8 Å². The van der Waals surface area contributed by atoms with E-state index in [0.717, 1.165) is 18.5 Å². The first-order chi connectivity index (χ1) is 22.8. The lowest BCUT2D eigenvalue weighted by atomic mass is 9.95. The monoisotopic (exact) mass is 673 g/mol. The number of piperazine rings is 1. The molecule has 12 nitrogen and oxygen atoms in total. The summed E-state index contributed by atoms with van der Waals surface area (Å²) in [5, 5.41) is 11.9. The number of carbonyl (C=O) groups is 3. The maximum atomic E-state index is 13.8. The van der Waals surface area contributed by atoms with Crippen LogP contribution >= 0.6 is 11.6 Å². The second kappa shape index (κ2) is 13.1. The Hall–Kier alpha value is -4.71. The summed E-state index contributed by atoms with van der Waals surface area (Å²) in [6.07, 6.45) is 1.70. The van der Waals surface area contributed by atoms with Crippen molar-refractivity contribution in [2.24, 2.45) is 5.41 Å². The zero-order chi connectivity index (χ0) is 34.2. The molecule has 2 N–H and O–H groups in total. The lowest BCUT2D eigenvalue weighted by Gasteiger charge is -2.41. The van der Waals surface area contributed by atoms with Gasteiger partial charge in [0.25, 0.3) is 5.91 Å². The number of nitrogens with one attached hydrogen (secondary N) is 2. The van der Waals surface area contributed by atoms with Crippen molar-refractivity contribution in [3.8, 4) is 0 Å². The van der Waals surface area contributed by atoms with E-state index >= 15 is 0 Å². The fourth-order valence-electron chi connectivity index (χ4n) is 5.61. The number of halogens is 1.